The van der Waals surface area contributed by atoms with Crippen molar-refractivity contribution in [2.45, 2.75) is 70.5 Å². The Morgan fingerprint density at radius 1 is 1.03 bits per heavy atom. The summed E-state index contributed by atoms with van der Waals surface area (Å²) >= 11 is 0. The van der Waals surface area contributed by atoms with Crippen molar-refractivity contribution < 1.29 is 14.3 Å². The van der Waals surface area contributed by atoms with Crippen molar-refractivity contribution in [1.29, 1.82) is 0 Å². The minimum Gasteiger partial charge on any atom is -0.497 e. The Hall–Kier alpha value is -2.82. The summed E-state index contributed by atoms with van der Waals surface area (Å²) in [6, 6.07) is 17.5. The highest BCUT2D eigenvalue weighted by molar-refractivity contribution is 5.88. The summed E-state index contributed by atoms with van der Waals surface area (Å²) in [5.74, 6) is 0.751. The molecule has 3 rings (SSSR count). The molecule has 31 heavy (non-hydrogen) atoms. The molecule has 0 spiro atoms. The van der Waals surface area contributed by atoms with Gasteiger partial charge in [-0.15, -0.1) is 0 Å². The van der Waals surface area contributed by atoms with Crippen molar-refractivity contribution in [3.63, 3.8) is 0 Å². The van der Waals surface area contributed by atoms with E-state index in [2.05, 4.69) is 5.32 Å². The third kappa shape index (κ3) is 6.58. The van der Waals surface area contributed by atoms with Gasteiger partial charge in [0.2, 0.25) is 11.8 Å². The second-order valence-corrected chi connectivity index (χ2v) is 8.27. The van der Waals surface area contributed by atoms with E-state index in [1.807, 2.05) is 61.5 Å². The Balaban J connectivity index is 1.74. The molecule has 2 aromatic rings. The molecule has 5 heteroatoms. The molecule has 1 atom stereocenters. The monoisotopic (exact) mass is 422 g/mol. The number of rotatable bonds is 10. The maximum atomic E-state index is 13.3. The van der Waals surface area contributed by atoms with Crippen LogP contribution in [0.2, 0.25) is 0 Å². The molecule has 0 saturated heterocycles. The second-order valence-electron chi connectivity index (χ2n) is 8.27. The van der Waals surface area contributed by atoms with Gasteiger partial charge < -0.3 is 15.0 Å². The highest BCUT2D eigenvalue weighted by Crippen LogP contribution is 2.20. The zero-order valence-corrected chi connectivity index (χ0v) is 18.7. The third-order valence-electron chi connectivity index (χ3n) is 6.07. The molecule has 0 heterocycles. The first-order chi connectivity index (χ1) is 15.1. The Kier molecular flexibility index (Phi) is 8.51. The molecule has 1 saturated carbocycles. The number of hydrogen-bond acceptors (Lipinski definition) is 3. The average Bonchev–Trinajstić information content (AvgIpc) is 3.31. The van der Waals surface area contributed by atoms with E-state index in [1.165, 1.54) is 0 Å². The number of carbonyl (C=O) groups excluding carboxylic acids is 2. The number of nitrogens with zero attached hydrogens (tertiary/aromatic N) is 1. The van der Waals surface area contributed by atoms with Gasteiger partial charge in [-0.05, 0) is 48.9 Å². The number of carbonyl (C=O) groups is 2. The van der Waals surface area contributed by atoms with E-state index in [0.29, 0.717) is 25.8 Å². The first kappa shape index (κ1) is 22.9. The van der Waals surface area contributed by atoms with Gasteiger partial charge in [0, 0.05) is 19.0 Å². The Labute approximate surface area is 185 Å². The topological polar surface area (TPSA) is 58.6 Å². The quantitative estimate of drug-likeness (QED) is 0.614. The second kappa shape index (κ2) is 11.5. The van der Waals surface area contributed by atoms with Crippen LogP contribution in [0.3, 0.4) is 0 Å². The molecule has 0 aliphatic heterocycles. The maximum Gasteiger partial charge on any atom is 0.243 e. The molecule has 2 amide bonds. The van der Waals surface area contributed by atoms with Crippen LogP contribution in [-0.2, 0) is 22.6 Å². The molecule has 0 bridgehead atoms. The third-order valence-corrected chi connectivity index (χ3v) is 6.07. The molecular formula is C26H34N2O3. The van der Waals surface area contributed by atoms with Gasteiger partial charge in [-0.3, -0.25) is 9.59 Å². The van der Waals surface area contributed by atoms with Crippen molar-refractivity contribution in [3.8, 4) is 5.75 Å². The summed E-state index contributed by atoms with van der Waals surface area (Å²) < 4.78 is 5.25. The van der Waals surface area contributed by atoms with Gasteiger partial charge in [-0.2, -0.15) is 0 Å². The van der Waals surface area contributed by atoms with Crippen molar-refractivity contribution in [2.75, 3.05) is 7.11 Å². The highest BCUT2D eigenvalue weighted by Gasteiger charge is 2.30. The number of benzene rings is 2. The molecule has 5 nitrogen and oxygen atoms in total. The van der Waals surface area contributed by atoms with Gasteiger partial charge in [0.05, 0.1) is 7.11 Å². The number of methoxy groups -OCH3 is 1. The van der Waals surface area contributed by atoms with Crippen LogP contribution >= 0.6 is 0 Å². The average molecular weight is 423 g/mol. The van der Waals surface area contributed by atoms with E-state index in [0.717, 1.165) is 42.6 Å². The summed E-state index contributed by atoms with van der Waals surface area (Å²) in [6.07, 6.45) is 6.02. The van der Waals surface area contributed by atoms with Gasteiger partial charge in [0.1, 0.15) is 11.8 Å². The van der Waals surface area contributed by atoms with Crippen molar-refractivity contribution in [1.82, 2.24) is 10.2 Å². The molecular weight excluding hydrogens is 388 g/mol. The van der Waals surface area contributed by atoms with Gasteiger partial charge in [0.25, 0.3) is 0 Å². The number of ether oxygens (including phenoxy) is 1. The lowest BCUT2D eigenvalue weighted by atomic mass is 10.1. The highest BCUT2D eigenvalue weighted by atomic mass is 16.5. The molecule has 0 radical (unpaired) electrons. The standard InChI is InChI=1S/C26H34N2O3/c1-3-24(26(30)27-22-11-7-8-12-22)28(19-21-13-16-23(31-2)17-14-21)25(29)18-15-20-9-5-4-6-10-20/h4-6,9-10,13-14,16-17,22,24H,3,7-8,11-12,15,18-19H2,1-2H3,(H,27,30). The molecule has 1 fully saturated rings. The first-order valence-corrected chi connectivity index (χ1v) is 11.4. The molecule has 166 valence electrons. The molecule has 1 aliphatic carbocycles. The van der Waals surface area contributed by atoms with Gasteiger partial charge in [0.15, 0.2) is 0 Å². The lowest BCUT2D eigenvalue weighted by Gasteiger charge is -2.31. The minimum absolute atomic E-state index is 0.00749. The van der Waals surface area contributed by atoms with Gasteiger partial charge >= 0.3 is 0 Å². The van der Waals surface area contributed by atoms with Crippen LogP contribution in [-0.4, -0.2) is 35.9 Å². The predicted octanol–water partition coefficient (Wildman–Crippen LogP) is 4.49. The SMILES string of the molecule is CCC(C(=O)NC1CCCC1)N(Cc1ccc(OC)cc1)C(=O)CCc1ccccc1. The first-order valence-electron chi connectivity index (χ1n) is 11.4. The van der Waals surface area contributed by atoms with E-state index >= 15 is 0 Å². The van der Waals surface area contributed by atoms with E-state index in [9.17, 15) is 9.59 Å². The zero-order valence-electron chi connectivity index (χ0n) is 18.7. The molecule has 1 N–H and O–H groups in total. The van der Waals surface area contributed by atoms with E-state index in [4.69, 9.17) is 4.74 Å². The number of aryl methyl sites for hydroxylation is 1. The Morgan fingerprint density at radius 3 is 2.32 bits per heavy atom. The summed E-state index contributed by atoms with van der Waals surface area (Å²) in [5.41, 5.74) is 2.12. The Morgan fingerprint density at radius 2 is 1.71 bits per heavy atom. The molecule has 2 aromatic carbocycles. The number of nitrogens with one attached hydrogen (secondary N) is 1. The van der Waals surface area contributed by atoms with Gasteiger partial charge in [-0.1, -0.05) is 62.2 Å². The van der Waals surface area contributed by atoms with Crippen molar-refractivity contribution in [2.24, 2.45) is 0 Å². The minimum atomic E-state index is -0.467. The molecule has 0 aromatic heterocycles. The summed E-state index contributed by atoms with van der Waals surface area (Å²) in [7, 11) is 1.63. The lowest BCUT2D eigenvalue weighted by Crippen LogP contribution is -2.51. The smallest absolute Gasteiger partial charge is 0.243 e. The lowest BCUT2D eigenvalue weighted by molar-refractivity contribution is -0.141. The fourth-order valence-electron chi connectivity index (χ4n) is 4.25. The molecule has 1 aliphatic rings. The van der Waals surface area contributed by atoms with Crippen LogP contribution < -0.4 is 10.1 Å². The zero-order chi connectivity index (χ0) is 22.1. The number of hydrogen-bond donors (Lipinski definition) is 1. The number of amides is 2. The van der Waals surface area contributed by atoms with E-state index < -0.39 is 6.04 Å². The van der Waals surface area contributed by atoms with Crippen LogP contribution in [0.25, 0.3) is 0 Å². The van der Waals surface area contributed by atoms with E-state index in [-0.39, 0.29) is 17.9 Å². The van der Waals surface area contributed by atoms with Gasteiger partial charge in [-0.25, -0.2) is 0 Å². The predicted molar refractivity (Wildman–Crippen MR) is 123 cm³/mol. The Bertz CT molecular complexity index is 829. The van der Waals surface area contributed by atoms with Crippen LogP contribution in [0.5, 0.6) is 5.75 Å². The van der Waals surface area contributed by atoms with Crippen molar-refractivity contribution in [3.05, 3.63) is 65.7 Å². The summed E-state index contributed by atoms with van der Waals surface area (Å²) in [6.45, 7) is 2.39. The van der Waals surface area contributed by atoms with Crippen LogP contribution in [0.15, 0.2) is 54.6 Å². The van der Waals surface area contributed by atoms with Crippen LogP contribution in [0.1, 0.15) is 56.6 Å². The van der Waals surface area contributed by atoms with Crippen molar-refractivity contribution >= 4 is 11.8 Å². The van der Waals surface area contributed by atoms with E-state index in [1.54, 1.807) is 12.0 Å². The van der Waals surface area contributed by atoms with Crippen LogP contribution in [0.4, 0.5) is 0 Å². The maximum absolute atomic E-state index is 13.3. The van der Waals surface area contributed by atoms with Crippen LogP contribution in [0, 0.1) is 0 Å². The summed E-state index contributed by atoms with van der Waals surface area (Å²) in [5, 5.41) is 3.19. The molecule has 1 unspecified atom stereocenters. The fraction of sp³-hybridized carbons (Fsp3) is 0.462. The normalized spacial score (nSPS) is 14.8. The summed E-state index contributed by atoms with van der Waals surface area (Å²) in [4.78, 5) is 28.2. The fourth-order valence-corrected chi connectivity index (χ4v) is 4.25. The largest absolute Gasteiger partial charge is 0.497 e.